The lowest BCUT2D eigenvalue weighted by Crippen LogP contribution is -2.49. The molecule has 7 heteroatoms. The highest BCUT2D eigenvalue weighted by Crippen LogP contribution is 2.38. The van der Waals surface area contributed by atoms with Crippen LogP contribution in [0.1, 0.15) is 25.3 Å². The number of carbonyl (C=O) groups is 1. The van der Waals surface area contributed by atoms with Crippen molar-refractivity contribution in [2.45, 2.75) is 38.5 Å². The van der Waals surface area contributed by atoms with Gasteiger partial charge in [0.05, 0.1) is 19.3 Å². The molecule has 2 aliphatic rings. The molecule has 1 saturated carbocycles. The molecule has 0 unspecified atom stereocenters. The third kappa shape index (κ3) is 4.63. The van der Waals surface area contributed by atoms with Gasteiger partial charge in [-0.2, -0.15) is 0 Å². The van der Waals surface area contributed by atoms with Gasteiger partial charge >= 0.3 is 0 Å². The lowest BCUT2D eigenvalue weighted by Gasteiger charge is -2.37. The summed E-state index contributed by atoms with van der Waals surface area (Å²) in [7, 11) is 3.40. The zero-order chi connectivity index (χ0) is 21.1. The summed E-state index contributed by atoms with van der Waals surface area (Å²) in [6.45, 7) is 4.52. The van der Waals surface area contributed by atoms with E-state index in [2.05, 4.69) is 20.2 Å². The van der Waals surface area contributed by atoms with Crippen molar-refractivity contribution in [3.05, 3.63) is 42.2 Å². The second-order valence-corrected chi connectivity index (χ2v) is 8.41. The largest absolute Gasteiger partial charge is 0.497 e. The molecule has 1 saturated heterocycles. The lowest BCUT2D eigenvalue weighted by molar-refractivity contribution is -0.121. The summed E-state index contributed by atoms with van der Waals surface area (Å²) in [6, 6.07) is 7.88. The van der Waals surface area contributed by atoms with Gasteiger partial charge in [-0.15, -0.1) is 0 Å². The maximum Gasteiger partial charge on any atom is 0.217 e. The molecule has 1 aliphatic carbocycles. The molecule has 2 heterocycles. The Balaban J connectivity index is 1.37. The summed E-state index contributed by atoms with van der Waals surface area (Å²) in [6.07, 6.45) is 5.92. The molecule has 0 spiro atoms. The van der Waals surface area contributed by atoms with Crippen molar-refractivity contribution in [3.63, 3.8) is 0 Å². The quantitative estimate of drug-likeness (QED) is 0.789. The molecule has 30 heavy (non-hydrogen) atoms. The predicted octanol–water partition coefficient (Wildman–Crippen LogP) is 2.51. The van der Waals surface area contributed by atoms with Crippen LogP contribution in [0, 0.1) is 11.8 Å². The Kier molecular flexibility index (Phi) is 6.29. The van der Waals surface area contributed by atoms with E-state index in [4.69, 9.17) is 9.47 Å². The summed E-state index contributed by atoms with van der Waals surface area (Å²) in [5.41, 5.74) is 2.09. The first-order valence-electron chi connectivity index (χ1n) is 10.5. The van der Waals surface area contributed by atoms with E-state index in [1.807, 2.05) is 36.7 Å². The van der Waals surface area contributed by atoms with Gasteiger partial charge in [-0.1, -0.05) is 0 Å². The summed E-state index contributed by atoms with van der Waals surface area (Å²) in [5, 5.41) is 3.08. The molecular weight excluding hydrogens is 380 g/mol. The van der Waals surface area contributed by atoms with E-state index in [1.54, 1.807) is 21.1 Å². The Morgan fingerprint density at radius 1 is 1.10 bits per heavy atom. The van der Waals surface area contributed by atoms with Crippen molar-refractivity contribution in [1.82, 2.24) is 20.2 Å². The number of amides is 1. The third-order valence-electron chi connectivity index (χ3n) is 6.34. The number of hydrogen-bond donors (Lipinski definition) is 1. The number of fused-ring (bicyclic) bond motifs is 1. The van der Waals surface area contributed by atoms with Gasteiger partial charge in [-0.3, -0.25) is 9.69 Å². The Morgan fingerprint density at radius 2 is 1.77 bits per heavy atom. The van der Waals surface area contributed by atoms with Gasteiger partial charge in [0.25, 0.3) is 0 Å². The van der Waals surface area contributed by atoms with Crippen molar-refractivity contribution < 1.29 is 14.3 Å². The SMILES string of the molecule is COc1ccc(-c2ncc(CN3C[C@H]4C[C@@H](NC(C)=O)[C@H](OC)C[C@H]4C3)cn2)cc1. The highest BCUT2D eigenvalue weighted by molar-refractivity contribution is 5.73. The number of hydrogen-bond acceptors (Lipinski definition) is 6. The van der Waals surface area contributed by atoms with Gasteiger partial charge in [-0.05, 0) is 48.9 Å². The van der Waals surface area contributed by atoms with Gasteiger partial charge in [0.15, 0.2) is 5.82 Å². The number of ether oxygens (including phenoxy) is 2. The molecule has 1 aliphatic heterocycles. The first kappa shape index (κ1) is 20.8. The highest BCUT2D eigenvalue weighted by Gasteiger charge is 2.42. The molecule has 1 aromatic carbocycles. The van der Waals surface area contributed by atoms with E-state index in [0.717, 1.165) is 55.2 Å². The molecule has 1 amide bonds. The number of carbonyl (C=O) groups excluding carboxylic acids is 1. The first-order chi connectivity index (χ1) is 14.6. The van der Waals surface area contributed by atoms with Crippen LogP contribution in [-0.2, 0) is 16.1 Å². The van der Waals surface area contributed by atoms with E-state index >= 15 is 0 Å². The lowest BCUT2D eigenvalue weighted by atomic mass is 9.77. The Labute approximate surface area is 177 Å². The second kappa shape index (κ2) is 9.10. The zero-order valence-electron chi connectivity index (χ0n) is 17.9. The second-order valence-electron chi connectivity index (χ2n) is 8.41. The molecule has 1 aromatic heterocycles. The normalized spacial score (nSPS) is 26.2. The summed E-state index contributed by atoms with van der Waals surface area (Å²) >= 11 is 0. The van der Waals surface area contributed by atoms with E-state index in [0.29, 0.717) is 11.8 Å². The zero-order valence-corrected chi connectivity index (χ0v) is 17.9. The van der Waals surface area contributed by atoms with E-state index in [1.165, 1.54) is 0 Å². The molecule has 2 aromatic rings. The van der Waals surface area contributed by atoms with Gasteiger partial charge in [0.1, 0.15) is 5.75 Å². The number of nitrogens with zero attached hydrogens (tertiary/aromatic N) is 3. The van der Waals surface area contributed by atoms with Crippen LogP contribution in [0.15, 0.2) is 36.7 Å². The van der Waals surface area contributed by atoms with Crippen LogP contribution in [0.5, 0.6) is 5.75 Å². The van der Waals surface area contributed by atoms with Crippen molar-refractivity contribution in [1.29, 1.82) is 0 Å². The van der Waals surface area contributed by atoms with Crippen LogP contribution in [0.25, 0.3) is 11.4 Å². The summed E-state index contributed by atoms with van der Waals surface area (Å²) in [5.74, 6) is 2.76. The number of nitrogens with one attached hydrogen (secondary N) is 1. The van der Waals surface area contributed by atoms with E-state index in [9.17, 15) is 4.79 Å². The highest BCUT2D eigenvalue weighted by atomic mass is 16.5. The van der Waals surface area contributed by atoms with Crippen molar-refractivity contribution in [3.8, 4) is 17.1 Å². The minimum absolute atomic E-state index is 0.0180. The van der Waals surface area contributed by atoms with Gasteiger partial charge in [-0.25, -0.2) is 9.97 Å². The molecule has 7 nitrogen and oxygen atoms in total. The molecule has 160 valence electrons. The average molecular weight is 411 g/mol. The number of benzene rings is 1. The smallest absolute Gasteiger partial charge is 0.217 e. The Hall–Kier alpha value is -2.51. The van der Waals surface area contributed by atoms with Crippen LogP contribution in [-0.4, -0.2) is 60.2 Å². The average Bonchev–Trinajstić information content (AvgIpc) is 3.14. The minimum atomic E-state index is 0.0180. The standard InChI is InChI=1S/C23H30N4O3/c1-15(28)26-21-8-18-13-27(14-19(18)9-22(21)30-3)12-16-10-24-23(25-11-16)17-4-6-20(29-2)7-5-17/h4-7,10-11,18-19,21-22H,8-9,12-14H2,1-3H3,(H,26,28)/t18-,19+,21-,22-/m1/s1. The number of rotatable bonds is 6. The molecule has 0 bridgehead atoms. The molecule has 2 fully saturated rings. The minimum Gasteiger partial charge on any atom is -0.497 e. The van der Waals surface area contributed by atoms with Gasteiger partial charge < -0.3 is 14.8 Å². The van der Waals surface area contributed by atoms with Crippen molar-refractivity contribution in [2.24, 2.45) is 11.8 Å². The van der Waals surface area contributed by atoms with Crippen LogP contribution < -0.4 is 10.1 Å². The van der Waals surface area contributed by atoms with Crippen LogP contribution in [0.4, 0.5) is 0 Å². The number of methoxy groups -OCH3 is 2. The fourth-order valence-corrected chi connectivity index (χ4v) is 4.90. The molecule has 4 rings (SSSR count). The predicted molar refractivity (Wildman–Crippen MR) is 114 cm³/mol. The van der Waals surface area contributed by atoms with Gasteiger partial charge in [0.2, 0.25) is 5.91 Å². The Morgan fingerprint density at radius 3 is 2.37 bits per heavy atom. The Bertz CT molecular complexity index is 856. The first-order valence-corrected chi connectivity index (χ1v) is 10.5. The molecule has 1 N–H and O–H groups in total. The summed E-state index contributed by atoms with van der Waals surface area (Å²) in [4.78, 5) is 23.1. The van der Waals surface area contributed by atoms with Crippen molar-refractivity contribution in [2.75, 3.05) is 27.3 Å². The fourth-order valence-electron chi connectivity index (χ4n) is 4.90. The third-order valence-corrected chi connectivity index (χ3v) is 6.34. The molecular formula is C23H30N4O3. The molecule has 4 atom stereocenters. The van der Waals surface area contributed by atoms with Crippen LogP contribution >= 0.6 is 0 Å². The maximum absolute atomic E-state index is 11.5. The fraction of sp³-hybridized carbons (Fsp3) is 0.522. The van der Waals surface area contributed by atoms with E-state index in [-0.39, 0.29) is 18.1 Å². The molecule has 0 radical (unpaired) electrons. The van der Waals surface area contributed by atoms with Crippen LogP contribution in [0.3, 0.4) is 0 Å². The van der Waals surface area contributed by atoms with Gasteiger partial charge in [0, 0.05) is 57.2 Å². The topological polar surface area (TPSA) is 76.6 Å². The number of aromatic nitrogens is 2. The maximum atomic E-state index is 11.5. The van der Waals surface area contributed by atoms with E-state index < -0.39 is 0 Å². The van der Waals surface area contributed by atoms with Crippen molar-refractivity contribution >= 4 is 5.91 Å². The summed E-state index contributed by atoms with van der Waals surface area (Å²) < 4.78 is 10.9. The monoisotopic (exact) mass is 410 g/mol. The number of likely N-dealkylation sites (tertiary alicyclic amines) is 1. The van der Waals surface area contributed by atoms with Crippen LogP contribution in [0.2, 0.25) is 0 Å².